The number of aromatic nitrogens is 2. The van der Waals surface area contributed by atoms with E-state index in [0.29, 0.717) is 5.41 Å². The molecule has 3 rings (SSSR count). The highest BCUT2D eigenvalue weighted by molar-refractivity contribution is 5.93. The first-order valence-electron chi connectivity index (χ1n) is 7.09. The van der Waals surface area contributed by atoms with Crippen LogP contribution in [0.25, 0.3) is 0 Å². The lowest BCUT2D eigenvalue weighted by Crippen LogP contribution is -2.47. The van der Waals surface area contributed by atoms with Crippen molar-refractivity contribution in [3.63, 3.8) is 0 Å². The topological polar surface area (TPSA) is 50.2 Å². The van der Waals surface area contributed by atoms with E-state index in [2.05, 4.69) is 10.3 Å². The lowest BCUT2D eigenvalue weighted by molar-refractivity contribution is 0.0543. The predicted octanol–water partition coefficient (Wildman–Crippen LogP) is 0.944. The van der Waals surface area contributed by atoms with Gasteiger partial charge in [-0.15, -0.1) is 0 Å². The van der Waals surface area contributed by atoms with E-state index in [1.54, 1.807) is 6.33 Å². The molecule has 1 aromatic heterocycles. The minimum Gasteiger partial charge on any atom is -0.337 e. The second-order valence-electron chi connectivity index (χ2n) is 6.05. The van der Waals surface area contributed by atoms with E-state index >= 15 is 0 Å². The molecule has 5 nitrogen and oxygen atoms in total. The third kappa shape index (κ3) is 2.16. The third-order valence-electron chi connectivity index (χ3n) is 4.60. The monoisotopic (exact) mass is 262 g/mol. The zero-order valence-corrected chi connectivity index (χ0v) is 11.8. The van der Waals surface area contributed by atoms with Crippen molar-refractivity contribution in [2.45, 2.75) is 26.2 Å². The molecule has 1 aromatic rings. The van der Waals surface area contributed by atoms with Crippen LogP contribution in [0.2, 0.25) is 0 Å². The first kappa shape index (κ1) is 12.7. The van der Waals surface area contributed by atoms with Gasteiger partial charge in [0.1, 0.15) is 5.69 Å². The molecule has 2 fully saturated rings. The van der Waals surface area contributed by atoms with Gasteiger partial charge in [0.2, 0.25) is 0 Å². The standard InChI is InChI=1S/C14H22N4O/c1-11-12(17(2)10-16-11)13(19)18-7-3-4-14(9-18)5-6-15-8-14/h10,15H,3-9H2,1-2H3. The highest BCUT2D eigenvalue weighted by Crippen LogP contribution is 2.36. The molecule has 1 spiro atoms. The van der Waals surface area contributed by atoms with Crippen molar-refractivity contribution in [1.82, 2.24) is 19.8 Å². The Balaban J connectivity index is 1.80. The van der Waals surface area contributed by atoms with Crippen LogP contribution in [-0.2, 0) is 7.05 Å². The van der Waals surface area contributed by atoms with Crippen molar-refractivity contribution < 1.29 is 4.79 Å². The molecule has 19 heavy (non-hydrogen) atoms. The Morgan fingerprint density at radius 2 is 2.32 bits per heavy atom. The summed E-state index contributed by atoms with van der Waals surface area (Å²) in [5, 5.41) is 3.44. The van der Waals surface area contributed by atoms with Gasteiger partial charge in [0, 0.05) is 32.1 Å². The molecule has 2 aliphatic heterocycles. The van der Waals surface area contributed by atoms with Crippen molar-refractivity contribution in [2.75, 3.05) is 26.2 Å². The second kappa shape index (κ2) is 4.63. The van der Waals surface area contributed by atoms with Gasteiger partial charge in [-0.05, 0) is 32.7 Å². The molecule has 104 valence electrons. The van der Waals surface area contributed by atoms with Crippen molar-refractivity contribution >= 4 is 5.91 Å². The number of nitrogens with one attached hydrogen (secondary N) is 1. The van der Waals surface area contributed by atoms with Crippen molar-refractivity contribution in [3.8, 4) is 0 Å². The Morgan fingerprint density at radius 3 is 2.95 bits per heavy atom. The summed E-state index contributed by atoms with van der Waals surface area (Å²) in [6.07, 6.45) is 5.28. The van der Waals surface area contributed by atoms with Gasteiger partial charge in [-0.3, -0.25) is 4.79 Å². The van der Waals surface area contributed by atoms with Crippen LogP contribution < -0.4 is 5.32 Å². The normalized spacial score (nSPS) is 27.2. The molecule has 2 saturated heterocycles. The van der Waals surface area contributed by atoms with Crippen LogP contribution in [0.4, 0.5) is 0 Å². The summed E-state index contributed by atoms with van der Waals surface area (Å²) in [4.78, 5) is 18.9. The number of nitrogens with zero attached hydrogens (tertiary/aromatic N) is 3. The minimum atomic E-state index is 0.142. The maximum absolute atomic E-state index is 12.7. The molecule has 3 heterocycles. The molecule has 1 unspecified atom stereocenters. The number of carbonyl (C=O) groups is 1. The first-order valence-corrected chi connectivity index (χ1v) is 7.09. The van der Waals surface area contributed by atoms with Gasteiger partial charge < -0.3 is 14.8 Å². The second-order valence-corrected chi connectivity index (χ2v) is 6.05. The summed E-state index contributed by atoms with van der Waals surface area (Å²) in [7, 11) is 1.89. The molecule has 0 aliphatic carbocycles. The molecule has 0 bridgehead atoms. The highest BCUT2D eigenvalue weighted by Gasteiger charge is 2.40. The molecule has 0 radical (unpaired) electrons. The molecule has 0 saturated carbocycles. The van der Waals surface area contributed by atoms with Crippen LogP contribution in [0.15, 0.2) is 6.33 Å². The van der Waals surface area contributed by atoms with E-state index < -0.39 is 0 Å². The number of carbonyl (C=O) groups excluding carboxylic acids is 1. The largest absolute Gasteiger partial charge is 0.337 e. The fourth-order valence-electron chi connectivity index (χ4n) is 3.53. The third-order valence-corrected chi connectivity index (χ3v) is 4.60. The van der Waals surface area contributed by atoms with Gasteiger partial charge in [-0.25, -0.2) is 4.98 Å². The minimum absolute atomic E-state index is 0.142. The summed E-state index contributed by atoms with van der Waals surface area (Å²) in [6, 6.07) is 0. The number of hydrogen-bond acceptors (Lipinski definition) is 3. The first-order chi connectivity index (χ1) is 9.11. The van der Waals surface area contributed by atoms with Gasteiger partial charge in [0.05, 0.1) is 12.0 Å². The van der Waals surface area contributed by atoms with Crippen LogP contribution in [0.1, 0.15) is 35.4 Å². The quantitative estimate of drug-likeness (QED) is 0.819. The SMILES string of the molecule is Cc1ncn(C)c1C(=O)N1CCCC2(CCNC2)C1. The zero-order valence-electron chi connectivity index (χ0n) is 11.8. The Kier molecular flexibility index (Phi) is 3.09. The van der Waals surface area contributed by atoms with E-state index in [1.807, 2.05) is 23.4 Å². The predicted molar refractivity (Wildman–Crippen MR) is 73.0 cm³/mol. The van der Waals surface area contributed by atoms with Crippen molar-refractivity contribution in [1.29, 1.82) is 0 Å². The number of amides is 1. The number of hydrogen-bond donors (Lipinski definition) is 1. The smallest absolute Gasteiger partial charge is 0.272 e. The van der Waals surface area contributed by atoms with E-state index in [4.69, 9.17) is 0 Å². The molecular formula is C14H22N4O. The highest BCUT2D eigenvalue weighted by atomic mass is 16.2. The lowest BCUT2D eigenvalue weighted by atomic mass is 9.79. The molecule has 1 amide bonds. The fraction of sp³-hybridized carbons (Fsp3) is 0.714. The number of aryl methyl sites for hydroxylation is 2. The Hall–Kier alpha value is -1.36. The van der Waals surface area contributed by atoms with Crippen LogP contribution in [-0.4, -0.2) is 46.5 Å². The summed E-state index contributed by atoms with van der Waals surface area (Å²) in [5.41, 5.74) is 1.89. The summed E-state index contributed by atoms with van der Waals surface area (Å²) >= 11 is 0. The van der Waals surface area contributed by atoms with Crippen molar-refractivity contribution in [3.05, 3.63) is 17.7 Å². The number of rotatable bonds is 1. The average molecular weight is 262 g/mol. The number of piperidine rings is 1. The van der Waals surface area contributed by atoms with Gasteiger partial charge in [0.15, 0.2) is 0 Å². The van der Waals surface area contributed by atoms with E-state index in [0.717, 1.165) is 44.0 Å². The maximum Gasteiger partial charge on any atom is 0.272 e. The summed E-state index contributed by atoms with van der Waals surface area (Å²) < 4.78 is 1.84. The Bertz CT molecular complexity index is 468. The van der Waals surface area contributed by atoms with Crippen molar-refractivity contribution in [2.24, 2.45) is 12.5 Å². The fourth-order valence-corrected chi connectivity index (χ4v) is 3.53. The molecule has 2 aliphatic rings. The molecule has 5 heteroatoms. The van der Waals surface area contributed by atoms with Crippen LogP contribution in [0.3, 0.4) is 0 Å². The Morgan fingerprint density at radius 1 is 1.47 bits per heavy atom. The molecular weight excluding hydrogens is 240 g/mol. The maximum atomic E-state index is 12.7. The number of imidazole rings is 1. The van der Waals surface area contributed by atoms with Gasteiger partial charge in [0.25, 0.3) is 5.91 Å². The zero-order chi connectivity index (χ0) is 13.5. The van der Waals surface area contributed by atoms with Gasteiger partial charge in [-0.1, -0.05) is 0 Å². The Labute approximate surface area is 114 Å². The van der Waals surface area contributed by atoms with Gasteiger partial charge in [-0.2, -0.15) is 0 Å². The van der Waals surface area contributed by atoms with Crippen LogP contribution >= 0.6 is 0 Å². The van der Waals surface area contributed by atoms with Crippen LogP contribution in [0, 0.1) is 12.3 Å². The summed E-state index contributed by atoms with van der Waals surface area (Å²) in [5.74, 6) is 0.142. The van der Waals surface area contributed by atoms with Crippen LogP contribution in [0.5, 0.6) is 0 Å². The van der Waals surface area contributed by atoms with E-state index in [9.17, 15) is 4.79 Å². The van der Waals surface area contributed by atoms with Gasteiger partial charge >= 0.3 is 0 Å². The average Bonchev–Trinajstić information content (AvgIpc) is 2.97. The molecule has 1 N–H and O–H groups in total. The van der Waals surface area contributed by atoms with E-state index in [1.165, 1.54) is 12.8 Å². The van der Waals surface area contributed by atoms with E-state index in [-0.39, 0.29) is 5.91 Å². The summed E-state index contributed by atoms with van der Waals surface area (Å²) in [6.45, 7) is 5.83. The lowest BCUT2D eigenvalue weighted by Gasteiger charge is -2.40. The molecule has 1 atom stereocenters. The number of likely N-dealkylation sites (tertiary alicyclic amines) is 1. The molecule has 0 aromatic carbocycles.